The molecule has 4 rings (SSSR count). The second-order valence-corrected chi connectivity index (χ2v) is 7.72. The molecule has 1 atom stereocenters. The molecule has 0 aliphatic carbocycles. The zero-order chi connectivity index (χ0) is 18.3. The van der Waals surface area contributed by atoms with E-state index in [0.717, 1.165) is 13.0 Å². The monoisotopic (exact) mass is 368 g/mol. The number of hydrogen-bond donors (Lipinski definition) is 0. The number of carbonyl (C=O) groups excluding carboxylic acids is 3. The third-order valence-corrected chi connectivity index (χ3v) is 6.24. The first-order chi connectivity index (χ1) is 12.6. The zero-order valence-electron chi connectivity index (χ0n) is 14.6. The Morgan fingerprint density at radius 1 is 1.15 bits per heavy atom. The van der Waals surface area contributed by atoms with Crippen molar-refractivity contribution in [2.45, 2.75) is 32.2 Å². The fourth-order valence-electron chi connectivity index (χ4n) is 3.82. The highest BCUT2D eigenvalue weighted by Gasteiger charge is 2.35. The van der Waals surface area contributed by atoms with Gasteiger partial charge < -0.3 is 4.90 Å². The van der Waals surface area contributed by atoms with Crippen LogP contribution in [0.3, 0.4) is 0 Å². The van der Waals surface area contributed by atoms with E-state index in [1.165, 1.54) is 15.3 Å². The third-order valence-electron chi connectivity index (χ3n) is 5.25. The van der Waals surface area contributed by atoms with Crippen LogP contribution in [0.5, 0.6) is 0 Å². The van der Waals surface area contributed by atoms with Gasteiger partial charge in [-0.1, -0.05) is 12.1 Å². The summed E-state index contributed by atoms with van der Waals surface area (Å²) in [6, 6.07) is 9.06. The van der Waals surface area contributed by atoms with Crippen molar-refractivity contribution in [1.29, 1.82) is 0 Å². The normalized spacial score (nSPS) is 18.9. The second kappa shape index (κ2) is 6.68. The lowest BCUT2D eigenvalue weighted by Gasteiger charge is -2.34. The first kappa shape index (κ1) is 17.0. The Morgan fingerprint density at radius 2 is 1.85 bits per heavy atom. The molecule has 0 bridgehead atoms. The Labute approximate surface area is 156 Å². The molecule has 0 radical (unpaired) electrons. The summed E-state index contributed by atoms with van der Waals surface area (Å²) in [5.74, 6) is -0.425. The van der Waals surface area contributed by atoms with E-state index in [0.29, 0.717) is 24.0 Å². The molecule has 2 aromatic rings. The van der Waals surface area contributed by atoms with Crippen LogP contribution < -0.4 is 0 Å². The van der Waals surface area contributed by atoms with Crippen LogP contribution in [0, 0.1) is 0 Å². The van der Waals surface area contributed by atoms with Crippen LogP contribution in [0.15, 0.2) is 35.7 Å². The van der Waals surface area contributed by atoms with E-state index in [1.54, 1.807) is 35.6 Å². The lowest BCUT2D eigenvalue weighted by atomic mass is 10.0. The van der Waals surface area contributed by atoms with Gasteiger partial charge in [0.05, 0.1) is 17.2 Å². The van der Waals surface area contributed by atoms with E-state index in [9.17, 15) is 14.4 Å². The summed E-state index contributed by atoms with van der Waals surface area (Å²) < 4.78 is 0. The molecule has 0 saturated heterocycles. The molecule has 0 saturated carbocycles. The van der Waals surface area contributed by atoms with Crippen LogP contribution in [0.2, 0.25) is 0 Å². The highest BCUT2D eigenvalue weighted by Crippen LogP contribution is 2.33. The average Bonchev–Trinajstić information content (AvgIpc) is 3.22. The number of rotatable bonds is 4. The molecular weight excluding hydrogens is 348 g/mol. The average molecular weight is 368 g/mol. The van der Waals surface area contributed by atoms with Crippen LogP contribution in [-0.2, 0) is 11.2 Å². The van der Waals surface area contributed by atoms with Gasteiger partial charge in [-0.05, 0) is 48.9 Å². The summed E-state index contributed by atoms with van der Waals surface area (Å²) in [7, 11) is 0. The molecule has 1 aromatic carbocycles. The summed E-state index contributed by atoms with van der Waals surface area (Å²) in [6.07, 6.45) is 1.74. The molecule has 134 valence electrons. The molecule has 0 spiro atoms. The molecule has 1 aromatic heterocycles. The minimum atomic E-state index is -0.257. The molecule has 3 heterocycles. The maximum absolute atomic E-state index is 12.6. The Kier molecular flexibility index (Phi) is 4.36. The maximum Gasteiger partial charge on any atom is 0.261 e. The molecule has 3 amide bonds. The van der Waals surface area contributed by atoms with Crippen LogP contribution in [0.1, 0.15) is 57.0 Å². The molecule has 26 heavy (non-hydrogen) atoms. The van der Waals surface area contributed by atoms with Crippen molar-refractivity contribution in [3.05, 3.63) is 57.3 Å². The highest BCUT2D eigenvalue weighted by molar-refractivity contribution is 7.10. The number of carbonyl (C=O) groups is 3. The van der Waals surface area contributed by atoms with Gasteiger partial charge in [0.25, 0.3) is 11.8 Å². The van der Waals surface area contributed by atoms with Crippen LogP contribution >= 0.6 is 11.3 Å². The SMILES string of the molecule is C[C@H]1c2ccsc2CCN1C(=O)CCCN1C(=O)c2ccccc2C1=O. The van der Waals surface area contributed by atoms with Crippen molar-refractivity contribution >= 4 is 29.1 Å². The number of fused-ring (bicyclic) bond motifs is 2. The third kappa shape index (κ3) is 2.74. The van der Waals surface area contributed by atoms with Gasteiger partial charge in [0.1, 0.15) is 0 Å². The van der Waals surface area contributed by atoms with Crippen molar-refractivity contribution in [1.82, 2.24) is 9.80 Å². The quantitative estimate of drug-likeness (QED) is 0.778. The minimum absolute atomic E-state index is 0.0889. The van der Waals surface area contributed by atoms with Crippen molar-refractivity contribution in [3.8, 4) is 0 Å². The maximum atomic E-state index is 12.6. The Morgan fingerprint density at radius 3 is 2.54 bits per heavy atom. The van der Waals surface area contributed by atoms with Gasteiger partial charge in [-0.3, -0.25) is 19.3 Å². The van der Waals surface area contributed by atoms with Crippen LogP contribution in [0.4, 0.5) is 0 Å². The lowest BCUT2D eigenvalue weighted by molar-refractivity contribution is -0.133. The Balaban J connectivity index is 1.35. The summed E-state index contributed by atoms with van der Waals surface area (Å²) >= 11 is 1.75. The number of thiophene rings is 1. The number of hydrogen-bond acceptors (Lipinski definition) is 4. The largest absolute Gasteiger partial charge is 0.336 e. The summed E-state index contributed by atoms with van der Waals surface area (Å²) in [5.41, 5.74) is 2.16. The van der Waals surface area contributed by atoms with Crippen molar-refractivity contribution < 1.29 is 14.4 Å². The summed E-state index contributed by atoms with van der Waals surface area (Å²) in [4.78, 5) is 41.9. The first-order valence-corrected chi connectivity index (χ1v) is 9.77. The molecule has 6 heteroatoms. The first-order valence-electron chi connectivity index (χ1n) is 8.89. The van der Waals surface area contributed by atoms with Gasteiger partial charge in [0, 0.05) is 24.4 Å². The minimum Gasteiger partial charge on any atom is -0.336 e. The van der Waals surface area contributed by atoms with Gasteiger partial charge in [0.2, 0.25) is 5.91 Å². The smallest absolute Gasteiger partial charge is 0.261 e. The molecule has 0 N–H and O–H groups in total. The number of imide groups is 1. The number of benzene rings is 1. The van der Waals surface area contributed by atoms with Crippen molar-refractivity contribution in [2.75, 3.05) is 13.1 Å². The molecule has 0 unspecified atom stereocenters. The standard InChI is InChI=1S/C20H20N2O3S/c1-13-14-9-12-26-17(14)8-11-21(13)18(23)7-4-10-22-19(24)15-5-2-3-6-16(15)20(22)25/h2-3,5-6,9,12-13H,4,7-8,10-11H2,1H3/t13-/m0/s1. The van der Waals surface area contributed by atoms with Gasteiger partial charge in [0.15, 0.2) is 0 Å². The molecular formula is C20H20N2O3S. The highest BCUT2D eigenvalue weighted by atomic mass is 32.1. The summed E-state index contributed by atoms with van der Waals surface area (Å²) in [5, 5.41) is 2.08. The van der Waals surface area contributed by atoms with Crippen LogP contribution in [-0.4, -0.2) is 40.6 Å². The Hall–Kier alpha value is -2.47. The van der Waals surface area contributed by atoms with E-state index in [4.69, 9.17) is 0 Å². The van der Waals surface area contributed by atoms with Crippen molar-refractivity contribution in [3.63, 3.8) is 0 Å². The summed E-state index contributed by atoms with van der Waals surface area (Å²) in [6.45, 7) is 3.08. The molecule has 0 fully saturated rings. The van der Waals surface area contributed by atoms with Gasteiger partial charge >= 0.3 is 0 Å². The topological polar surface area (TPSA) is 57.7 Å². The van der Waals surface area contributed by atoms with E-state index < -0.39 is 0 Å². The van der Waals surface area contributed by atoms with Crippen LogP contribution in [0.25, 0.3) is 0 Å². The predicted octanol–water partition coefficient (Wildman–Crippen LogP) is 3.27. The Bertz CT molecular complexity index is 854. The van der Waals surface area contributed by atoms with Crippen molar-refractivity contribution in [2.24, 2.45) is 0 Å². The predicted molar refractivity (Wildman–Crippen MR) is 99.2 cm³/mol. The fourth-order valence-corrected chi connectivity index (χ4v) is 4.79. The number of nitrogens with zero attached hydrogens (tertiary/aromatic N) is 2. The molecule has 2 aliphatic rings. The fraction of sp³-hybridized carbons (Fsp3) is 0.350. The van der Waals surface area contributed by atoms with Gasteiger partial charge in [-0.2, -0.15) is 0 Å². The second-order valence-electron chi connectivity index (χ2n) is 6.72. The van der Waals surface area contributed by atoms with Gasteiger partial charge in [-0.25, -0.2) is 0 Å². The molecule has 2 aliphatic heterocycles. The molecule has 5 nitrogen and oxygen atoms in total. The zero-order valence-corrected chi connectivity index (χ0v) is 15.4. The van der Waals surface area contributed by atoms with E-state index >= 15 is 0 Å². The lowest BCUT2D eigenvalue weighted by Crippen LogP contribution is -2.38. The van der Waals surface area contributed by atoms with Gasteiger partial charge in [-0.15, -0.1) is 11.3 Å². The van der Waals surface area contributed by atoms with E-state index in [2.05, 4.69) is 18.4 Å². The number of amides is 3. The van der Waals surface area contributed by atoms with E-state index in [1.807, 2.05) is 4.90 Å². The van der Waals surface area contributed by atoms with E-state index in [-0.39, 0.29) is 30.3 Å².